The minimum Gasteiger partial charge on any atom is -0.365 e. The van der Waals surface area contributed by atoms with Gasteiger partial charge in [-0.05, 0) is 58.1 Å². The van der Waals surface area contributed by atoms with Gasteiger partial charge in [-0.25, -0.2) is 15.0 Å². The third-order valence-corrected chi connectivity index (χ3v) is 6.75. The second-order valence-corrected chi connectivity index (χ2v) is 9.01. The van der Waals surface area contributed by atoms with Crippen molar-refractivity contribution in [3.8, 4) is 16.6 Å². The monoisotopic (exact) mass is 462 g/mol. The van der Waals surface area contributed by atoms with Crippen LogP contribution in [0.4, 0.5) is 16.8 Å². The Morgan fingerprint density at radius 2 is 2.06 bits per heavy atom. The van der Waals surface area contributed by atoms with Crippen molar-refractivity contribution in [2.24, 2.45) is 0 Å². The molecule has 2 aromatic heterocycles. The highest BCUT2D eigenvalue weighted by molar-refractivity contribution is 7.19. The first-order chi connectivity index (χ1) is 16.0. The second kappa shape index (κ2) is 9.94. The highest BCUT2D eigenvalue weighted by atomic mass is 32.1. The largest absolute Gasteiger partial charge is 0.365 e. The zero-order chi connectivity index (χ0) is 23.4. The lowest BCUT2D eigenvalue weighted by Gasteiger charge is -2.29. The zero-order valence-electron chi connectivity index (χ0n) is 18.8. The molecule has 0 unspecified atom stereocenters. The number of likely N-dealkylation sites (tertiary alicyclic amines) is 1. The van der Waals surface area contributed by atoms with Crippen LogP contribution in [0, 0.1) is 18.3 Å². The first kappa shape index (κ1) is 22.6. The van der Waals surface area contributed by atoms with E-state index in [1.807, 2.05) is 19.1 Å². The van der Waals surface area contributed by atoms with Crippen LogP contribution in [0.1, 0.15) is 34.5 Å². The Morgan fingerprint density at radius 3 is 2.76 bits per heavy atom. The van der Waals surface area contributed by atoms with E-state index in [0.717, 1.165) is 41.6 Å². The van der Waals surface area contributed by atoms with E-state index in [0.29, 0.717) is 28.5 Å². The summed E-state index contributed by atoms with van der Waals surface area (Å²) in [5, 5.41) is 19.6. The predicted octanol–water partition coefficient (Wildman–Crippen LogP) is 3.39. The van der Waals surface area contributed by atoms with Crippen molar-refractivity contribution >= 4 is 34.0 Å². The van der Waals surface area contributed by atoms with Crippen LogP contribution in [0.2, 0.25) is 0 Å². The Morgan fingerprint density at radius 1 is 1.27 bits per heavy atom. The number of anilines is 3. The quantitative estimate of drug-likeness (QED) is 0.510. The maximum Gasteiger partial charge on any atom is 0.251 e. The highest BCUT2D eigenvalue weighted by Crippen LogP contribution is 2.33. The fraction of sp³-hybridized carbons (Fsp3) is 0.348. The molecule has 9 nitrogen and oxygen atoms in total. The maximum absolute atomic E-state index is 12.8. The van der Waals surface area contributed by atoms with E-state index in [1.54, 1.807) is 19.2 Å². The summed E-state index contributed by atoms with van der Waals surface area (Å²) in [7, 11) is 3.90. The molecule has 0 bridgehead atoms. The Bertz CT molecular complexity index is 1190. The van der Waals surface area contributed by atoms with Crippen molar-refractivity contribution in [3.63, 3.8) is 0 Å². The molecule has 4 rings (SSSR count). The lowest BCUT2D eigenvalue weighted by Crippen LogP contribution is -2.43. The third-order valence-electron chi connectivity index (χ3n) is 5.57. The topological polar surface area (TPSA) is 119 Å². The Hall–Kier alpha value is -3.55. The van der Waals surface area contributed by atoms with E-state index in [4.69, 9.17) is 0 Å². The highest BCUT2D eigenvalue weighted by Gasteiger charge is 2.20. The summed E-state index contributed by atoms with van der Waals surface area (Å²) in [5.74, 6) is 0.255. The number of aromatic nitrogens is 3. The smallest absolute Gasteiger partial charge is 0.251 e. The molecular weight excluding hydrogens is 436 g/mol. The van der Waals surface area contributed by atoms with Crippen molar-refractivity contribution in [1.82, 2.24) is 25.2 Å². The molecule has 1 aliphatic heterocycles. The van der Waals surface area contributed by atoms with Crippen LogP contribution in [-0.4, -0.2) is 59.0 Å². The molecule has 0 aliphatic carbocycles. The van der Waals surface area contributed by atoms with Gasteiger partial charge in [-0.15, -0.1) is 0 Å². The Labute approximate surface area is 196 Å². The zero-order valence-corrected chi connectivity index (χ0v) is 19.7. The number of aryl methyl sites for hydroxylation is 1. The van der Waals surface area contributed by atoms with Gasteiger partial charge in [0, 0.05) is 24.3 Å². The van der Waals surface area contributed by atoms with Crippen molar-refractivity contribution in [3.05, 3.63) is 47.3 Å². The molecule has 10 heteroatoms. The van der Waals surface area contributed by atoms with Crippen molar-refractivity contribution in [2.45, 2.75) is 25.8 Å². The van der Waals surface area contributed by atoms with Crippen LogP contribution in [0.25, 0.3) is 10.6 Å². The molecule has 33 heavy (non-hydrogen) atoms. The van der Waals surface area contributed by atoms with Crippen LogP contribution in [0.3, 0.4) is 0 Å². The summed E-state index contributed by atoms with van der Waals surface area (Å²) in [4.78, 5) is 29.2. The fourth-order valence-corrected chi connectivity index (χ4v) is 4.63. The molecular formula is C23H26N8OS. The number of thiazole rings is 1. The van der Waals surface area contributed by atoms with E-state index in [1.165, 1.54) is 17.5 Å². The molecule has 170 valence electrons. The fourth-order valence-electron chi connectivity index (χ4n) is 3.71. The van der Waals surface area contributed by atoms with E-state index in [9.17, 15) is 10.1 Å². The summed E-state index contributed by atoms with van der Waals surface area (Å²) >= 11 is 1.43. The average molecular weight is 463 g/mol. The van der Waals surface area contributed by atoms with E-state index in [2.05, 4.69) is 48.9 Å². The van der Waals surface area contributed by atoms with Gasteiger partial charge in [0.05, 0.1) is 22.3 Å². The van der Waals surface area contributed by atoms with Crippen molar-refractivity contribution < 1.29 is 4.79 Å². The molecule has 1 aromatic carbocycles. The van der Waals surface area contributed by atoms with Gasteiger partial charge in [0.25, 0.3) is 5.91 Å². The minimum absolute atomic E-state index is 0.0884. The third kappa shape index (κ3) is 5.27. The van der Waals surface area contributed by atoms with Crippen LogP contribution in [0.15, 0.2) is 30.5 Å². The summed E-state index contributed by atoms with van der Waals surface area (Å²) in [5.41, 5.74) is 2.96. The van der Waals surface area contributed by atoms with Crippen LogP contribution < -0.4 is 16.0 Å². The number of nitriles is 1. The summed E-state index contributed by atoms with van der Waals surface area (Å²) in [6, 6.07) is 9.60. The molecule has 0 radical (unpaired) electrons. The normalized spacial score (nSPS) is 14.5. The number of hydrogen-bond acceptors (Lipinski definition) is 9. The molecule has 0 atom stereocenters. The molecule has 1 fully saturated rings. The Balaban J connectivity index is 1.53. The molecule has 1 amide bonds. The van der Waals surface area contributed by atoms with Gasteiger partial charge in [-0.2, -0.15) is 5.26 Å². The number of rotatable bonds is 6. The first-order valence-electron chi connectivity index (χ1n) is 10.8. The van der Waals surface area contributed by atoms with Gasteiger partial charge >= 0.3 is 0 Å². The molecule has 1 saturated heterocycles. The van der Waals surface area contributed by atoms with Crippen LogP contribution in [-0.2, 0) is 0 Å². The van der Waals surface area contributed by atoms with Gasteiger partial charge in [0.2, 0.25) is 5.95 Å². The van der Waals surface area contributed by atoms with Gasteiger partial charge in [0.15, 0.2) is 5.13 Å². The number of nitrogens with one attached hydrogen (secondary N) is 3. The SMILES string of the molecule is CNc1nc(C)c(-c2nc(Nc3cccc(C(=O)NC4CCN(C)CC4)c3)ncc2C#N)s1. The average Bonchev–Trinajstić information content (AvgIpc) is 3.21. The number of piperidine rings is 1. The lowest BCUT2D eigenvalue weighted by atomic mass is 10.0. The van der Waals surface area contributed by atoms with Crippen LogP contribution in [0.5, 0.6) is 0 Å². The summed E-state index contributed by atoms with van der Waals surface area (Å²) < 4.78 is 0. The molecule has 0 spiro atoms. The molecule has 3 N–H and O–H groups in total. The van der Waals surface area contributed by atoms with E-state index < -0.39 is 0 Å². The van der Waals surface area contributed by atoms with Gasteiger partial charge < -0.3 is 20.9 Å². The number of carbonyl (C=O) groups is 1. The lowest BCUT2D eigenvalue weighted by molar-refractivity contribution is 0.0917. The number of nitrogens with zero attached hydrogens (tertiary/aromatic N) is 5. The first-order valence-corrected chi connectivity index (χ1v) is 11.6. The number of benzene rings is 1. The van der Waals surface area contributed by atoms with Crippen molar-refractivity contribution in [1.29, 1.82) is 5.26 Å². The van der Waals surface area contributed by atoms with Gasteiger partial charge in [-0.3, -0.25) is 4.79 Å². The van der Waals surface area contributed by atoms with Crippen LogP contribution >= 0.6 is 11.3 Å². The maximum atomic E-state index is 12.8. The Kier molecular flexibility index (Phi) is 6.82. The molecule has 3 aromatic rings. The van der Waals surface area contributed by atoms with E-state index >= 15 is 0 Å². The molecule has 0 saturated carbocycles. The predicted molar refractivity (Wildman–Crippen MR) is 130 cm³/mol. The van der Waals surface area contributed by atoms with Gasteiger partial charge in [-0.1, -0.05) is 17.4 Å². The summed E-state index contributed by atoms with van der Waals surface area (Å²) in [6.07, 6.45) is 3.40. The molecule has 3 heterocycles. The second-order valence-electron chi connectivity index (χ2n) is 8.01. The summed E-state index contributed by atoms with van der Waals surface area (Å²) in [6.45, 7) is 3.86. The number of hydrogen-bond donors (Lipinski definition) is 3. The standard InChI is InChI=1S/C23H26N8OS/c1-14-20(33-23(25-2)27-14)19-16(12-24)13-26-22(30-19)29-18-6-4-5-15(11-18)21(32)28-17-7-9-31(3)10-8-17/h4-6,11,13,17H,7-10H2,1-3H3,(H,25,27)(H,28,32)(H,26,29,30). The molecule has 1 aliphatic rings. The van der Waals surface area contributed by atoms with E-state index in [-0.39, 0.29) is 11.9 Å². The van der Waals surface area contributed by atoms with Crippen molar-refractivity contribution in [2.75, 3.05) is 37.8 Å². The number of amides is 1. The minimum atomic E-state index is -0.0884. The number of carbonyl (C=O) groups excluding carboxylic acids is 1. The van der Waals surface area contributed by atoms with Gasteiger partial charge in [0.1, 0.15) is 11.8 Å².